The van der Waals surface area contributed by atoms with E-state index in [1.54, 1.807) is 0 Å². The van der Waals surface area contributed by atoms with Crippen molar-refractivity contribution in [1.29, 1.82) is 0 Å². The van der Waals surface area contributed by atoms with E-state index in [1.165, 1.54) is 33.4 Å². The van der Waals surface area contributed by atoms with Gasteiger partial charge in [-0.3, -0.25) is 5.32 Å². The summed E-state index contributed by atoms with van der Waals surface area (Å²) in [6.07, 6.45) is 8.62. The fraction of sp³-hybridized carbons (Fsp3) is 0.0476. The zero-order valence-electron chi connectivity index (χ0n) is 24.6. The highest BCUT2D eigenvalue weighted by Crippen LogP contribution is 2.40. The van der Waals surface area contributed by atoms with Crippen LogP contribution in [-0.4, -0.2) is 6.04 Å². The molecule has 7 aromatic rings. The molecular weight excluding hydrogens is 548 g/mol. The van der Waals surface area contributed by atoms with E-state index < -0.39 is 0 Å². The number of fused-ring (bicyclic) bond motifs is 6. The number of rotatable bonds is 4. The molecule has 2 N–H and O–H groups in total. The standard InChI is InChI=1S/C42H30N2O/c1-3-12-27(13-4-1)30-24-31(28-14-5-2-6-15-28)26-32(25-30)42-43-37-20-9-7-18-35(37)40(44-42)36-19-11-16-29-22-23-34-33-17-8-10-21-38(33)45-41(34)39(29)36/h1-26,37,42-44H. The van der Waals surface area contributed by atoms with Gasteiger partial charge in [0.2, 0.25) is 0 Å². The Hall–Kier alpha value is -5.64. The van der Waals surface area contributed by atoms with Crippen LogP contribution in [0.25, 0.3) is 60.7 Å². The third kappa shape index (κ3) is 4.40. The number of nitrogens with one attached hydrogen (secondary N) is 2. The Balaban J connectivity index is 1.24. The molecular formula is C42H30N2O. The van der Waals surface area contributed by atoms with Gasteiger partial charge in [0.25, 0.3) is 0 Å². The predicted molar refractivity (Wildman–Crippen MR) is 187 cm³/mol. The second-order valence-electron chi connectivity index (χ2n) is 11.8. The van der Waals surface area contributed by atoms with Crippen molar-refractivity contribution in [2.75, 3.05) is 0 Å². The number of hydrogen-bond donors (Lipinski definition) is 2. The molecule has 2 atom stereocenters. The molecule has 9 rings (SSSR count). The Morgan fingerprint density at radius 1 is 0.578 bits per heavy atom. The molecule has 0 fully saturated rings. The zero-order chi connectivity index (χ0) is 29.7. The van der Waals surface area contributed by atoms with Crippen molar-refractivity contribution >= 4 is 38.4 Å². The van der Waals surface area contributed by atoms with Gasteiger partial charge in [-0.05, 0) is 69.1 Å². The van der Waals surface area contributed by atoms with Crippen molar-refractivity contribution < 1.29 is 4.42 Å². The van der Waals surface area contributed by atoms with E-state index in [1.807, 2.05) is 6.07 Å². The maximum absolute atomic E-state index is 6.58. The van der Waals surface area contributed by atoms with Crippen molar-refractivity contribution in [1.82, 2.24) is 10.6 Å². The van der Waals surface area contributed by atoms with Gasteiger partial charge < -0.3 is 9.73 Å². The molecule has 0 radical (unpaired) electrons. The number of furan rings is 1. The van der Waals surface area contributed by atoms with Gasteiger partial charge in [0.15, 0.2) is 0 Å². The maximum Gasteiger partial charge on any atom is 0.143 e. The number of allylic oxidation sites excluding steroid dienone is 2. The maximum atomic E-state index is 6.58. The molecule has 6 aromatic carbocycles. The Morgan fingerprint density at radius 2 is 1.31 bits per heavy atom. The summed E-state index contributed by atoms with van der Waals surface area (Å²) in [5, 5.41) is 12.5. The Morgan fingerprint density at radius 3 is 2.09 bits per heavy atom. The summed E-state index contributed by atoms with van der Waals surface area (Å²) in [7, 11) is 0. The molecule has 3 nitrogen and oxygen atoms in total. The number of para-hydroxylation sites is 1. The van der Waals surface area contributed by atoms with Crippen molar-refractivity contribution in [2.24, 2.45) is 0 Å². The SMILES string of the molecule is C1=CC2=C(c3cccc4ccc5c6ccccc6oc5c34)NC(c3cc(-c4ccccc4)cc(-c4ccccc4)c3)NC2C=C1. The first-order valence-electron chi connectivity index (χ1n) is 15.5. The van der Waals surface area contributed by atoms with E-state index in [0.29, 0.717) is 0 Å². The van der Waals surface area contributed by atoms with Crippen molar-refractivity contribution in [3.63, 3.8) is 0 Å². The Kier molecular flexibility index (Phi) is 6.03. The van der Waals surface area contributed by atoms with Crippen LogP contribution in [0.3, 0.4) is 0 Å². The fourth-order valence-electron chi connectivity index (χ4n) is 6.96. The highest BCUT2D eigenvalue weighted by Gasteiger charge is 2.30. The first kappa shape index (κ1) is 25.8. The molecule has 0 amide bonds. The molecule has 3 heteroatoms. The smallest absolute Gasteiger partial charge is 0.143 e. The molecule has 1 aliphatic carbocycles. The quantitative estimate of drug-likeness (QED) is 0.218. The molecule has 214 valence electrons. The van der Waals surface area contributed by atoms with Crippen molar-refractivity contribution in [3.05, 3.63) is 174 Å². The van der Waals surface area contributed by atoms with Gasteiger partial charge in [0, 0.05) is 27.4 Å². The minimum Gasteiger partial charge on any atom is -0.455 e. The second kappa shape index (κ2) is 10.5. The number of hydrogen-bond acceptors (Lipinski definition) is 3. The van der Waals surface area contributed by atoms with Gasteiger partial charge in [-0.1, -0.05) is 127 Å². The first-order valence-corrected chi connectivity index (χ1v) is 15.5. The minimum atomic E-state index is -0.124. The second-order valence-corrected chi connectivity index (χ2v) is 11.8. The summed E-state index contributed by atoms with van der Waals surface area (Å²) < 4.78 is 6.58. The first-order chi connectivity index (χ1) is 22.3. The molecule has 0 spiro atoms. The van der Waals surface area contributed by atoms with Gasteiger partial charge >= 0.3 is 0 Å². The molecule has 45 heavy (non-hydrogen) atoms. The van der Waals surface area contributed by atoms with E-state index in [9.17, 15) is 0 Å². The van der Waals surface area contributed by atoms with E-state index in [0.717, 1.165) is 44.0 Å². The van der Waals surface area contributed by atoms with E-state index in [2.05, 4.69) is 162 Å². The molecule has 1 aliphatic heterocycles. The summed E-state index contributed by atoms with van der Waals surface area (Å²) >= 11 is 0. The molecule has 0 saturated heterocycles. The summed E-state index contributed by atoms with van der Waals surface area (Å²) in [5.41, 5.74) is 11.3. The van der Waals surface area contributed by atoms with Crippen LogP contribution >= 0.6 is 0 Å². The lowest BCUT2D eigenvalue weighted by Gasteiger charge is -2.36. The van der Waals surface area contributed by atoms with Crippen LogP contribution in [0, 0.1) is 0 Å². The molecule has 2 unspecified atom stereocenters. The van der Waals surface area contributed by atoms with Crippen molar-refractivity contribution in [2.45, 2.75) is 12.2 Å². The van der Waals surface area contributed by atoms with Gasteiger partial charge in [-0.2, -0.15) is 0 Å². The van der Waals surface area contributed by atoms with Crippen LogP contribution in [0.1, 0.15) is 17.3 Å². The highest BCUT2D eigenvalue weighted by molar-refractivity contribution is 6.17. The highest BCUT2D eigenvalue weighted by atomic mass is 16.3. The summed E-state index contributed by atoms with van der Waals surface area (Å²) in [6.45, 7) is 0. The lowest BCUT2D eigenvalue weighted by Crippen LogP contribution is -2.45. The monoisotopic (exact) mass is 578 g/mol. The average Bonchev–Trinajstić information content (AvgIpc) is 3.50. The average molecular weight is 579 g/mol. The lowest BCUT2D eigenvalue weighted by atomic mass is 9.89. The van der Waals surface area contributed by atoms with Crippen LogP contribution in [0.4, 0.5) is 0 Å². The third-order valence-corrected chi connectivity index (χ3v) is 9.11. The normalized spacial score (nSPS) is 17.6. The van der Waals surface area contributed by atoms with Crippen LogP contribution in [0.2, 0.25) is 0 Å². The molecule has 0 saturated carbocycles. The van der Waals surface area contributed by atoms with Crippen LogP contribution < -0.4 is 10.6 Å². The van der Waals surface area contributed by atoms with E-state index in [4.69, 9.17) is 4.42 Å². The van der Waals surface area contributed by atoms with Crippen LogP contribution in [0.15, 0.2) is 168 Å². The molecule has 2 aliphatic rings. The fourth-order valence-corrected chi connectivity index (χ4v) is 6.96. The van der Waals surface area contributed by atoms with E-state index in [-0.39, 0.29) is 12.2 Å². The Bertz CT molecular complexity index is 2270. The topological polar surface area (TPSA) is 37.2 Å². The van der Waals surface area contributed by atoms with Gasteiger partial charge in [0.1, 0.15) is 17.3 Å². The molecule has 2 heterocycles. The van der Waals surface area contributed by atoms with Gasteiger partial charge in [-0.15, -0.1) is 0 Å². The molecule has 1 aromatic heterocycles. The van der Waals surface area contributed by atoms with Crippen LogP contribution in [0.5, 0.6) is 0 Å². The molecule has 0 bridgehead atoms. The summed E-state index contributed by atoms with van der Waals surface area (Å²) in [5.74, 6) is 0. The van der Waals surface area contributed by atoms with Gasteiger partial charge in [-0.25, -0.2) is 0 Å². The van der Waals surface area contributed by atoms with Crippen LogP contribution in [-0.2, 0) is 0 Å². The largest absolute Gasteiger partial charge is 0.455 e. The third-order valence-electron chi connectivity index (χ3n) is 9.11. The summed E-state index contributed by atoms with van der Waals surface area (Å²) in [4.78, 5) is 0. The Labute approximate surface area is 261 Å². The van der Waals surface area contributed by atoms with Crippen molar-refractivity contribution in [3.8, 4) is 22.3 Å². The number of benzene rings is 6. The minimum absolute atomic E-state index is 0.0574. The predicted octanol–water partition coefficient (Wildman–Crippen LogP) is 10.2. The lowest BCUT2D eigenvalue weighted by molar-refractivity contribution is 0.460. The van der Waals surface area contributed by atoms with Gasteiger partial charge in [0.05, 0.1) is 6.04 Å². The van der Waals surface area contributed by atoms with E-state index >= 15 is 0 Å². The zero-order valence-corrected chi connectivity index (χ0v) is 24.6. The summed E-state index contributed by atoms with van der Waals surface area (Å²) in [6, 6.07) is 47.6.